The van der Waals surface area contributed by atoms with Crippen LogP contribution in [0.4, 0.5) is 0 Å². The number of likely N-dealkylation sites (tertiary alicyclic amines) is 1. The minimum atomic E-state index is 0.0594. The third-order valence-corrected chi connectivity index (χ3v) is 6.64. The monoisotopic (exact) mass is 382 g/mol. The number of hydrogen-bond acceptors (Lipinski definition) is 4. The van der Waals surface area contributed by atoms with E-state index < -0.39 is 0 Å². The highest BCUT2D eigenvalue weighted by Crippen LogP contribution is 2.36. The van der Waals surface area contributed by atoms with Gasteiger partial charge in [-0.2, -0.15) is 5.10 Å². The Labute approximate surface area is 166 Å². The normalized spacial score (nSPS) is 26.7. The van der Waals surface area contributed by atoms with E-state index in [0.717, 1.165) is 69.1 Å². The first-order chi connectivity index (χ1) is 13.6. The second-order valence-corrected chi connectivity index (χ2v) is 9.05. The molecular weight excluding hydrogens is 352 g/mol. The predicted octanol–water partition coefficient (Wildman–Crippen LogP) is 2.54. The smallest absolute Gasteiger partial charge is 0.275 e. The topological polar surface area (TPSA) is 50.6 Å². The molecule has 2 aliphatic heterocycles. The molecule has 3 heterocycles. The third-order valence-electron chi connectivity index (χ3n) is 6.64. The summed E-state index contributed by atoms with van der Waals surface area (Å²) >= 11 is 0. The third kappa shape index (κ3) is 3.44. The molecule has 0 bridgehead atoms. The number of aromatic nitrogens is 2. The Hall–Kier alpha value is -1.92. The van der Waals surface area contributed by atoms with Crippen LogP contribution in [0.5, 0.6) is 0 Å². The molecular formula is C22H30N4O2. The van der Waals surface area contributed by atoms with Crippen molar-refractivity contribution in [2.45, 2.75) is 25.7 Å². The molecule has 2 saturated heterocycles. The fourth-order valence-corrected chi connectivity index (χ4v) is 5.05. The van der Waals surface area contributed by atoms with Crippen LogP contribution in [-0.2, 0) is 11.8 Å². The summed E-state index contributed by atoms with van der Waals surface area (Å²) in [6, 6.07) is 7.99. The summed E-state index contributed by atoms with van der Waals surface area (Å²) < 4.78 is 7.84. The first-order valence-electron chi connectivity index (χ1n) is 10.6. The average Bonchev–Trinajstić information content (AvgIpc) is 3.49. The molecule has 2 aromatic rings. The van der Waals surface area contributed by atoms with Gasteiger partial charge in [-0.15, -0.1) is 0 Å². The lowest BCUT2D eigenvalue weighted by Crippen LogP contribution is -2.52. The molecule has 1 spiro atoms. The summed E-state index contributed by atoms with van der Waals surface area (Å²) in [7, 11) is 1.91. The molecule has 1 aromatic heterocycles. The first kappa shape index (κ1) is 18.1. The lowest BCUT2D eigenvalue weighted by atomic mass is 9.80. The van der Waals surface area contributed by atoms with Gasteiger partial charge in [0.25, 0.3) is 5.91 Å². The van der Waals surface area contributed by atoms with Gasteiger partial charge in [0.15, 0.2) is 5.69 Å². The van der Waals surface area contributed by atoms with Crippen molar-refractivity contribution in [3.63, 3.8) is 0 Å². The maximum Gasteiger partial charge on any atom is 0.275 e. The molecule has 1 amide bonds. The van der Waals surface area contributed by atoms with Crippen molar-refractivity contribution >= 4 is 16.8 Å². The Morgan fingerprint density at radius 3 is 2.96 bits per heavy atom. The number of aryl methyl sites for hydroxylation is 1. The molecule has 6 heteroatoms. The van der Waals surface area contributed by atoms with Gasteiger partial charge in [-0.05, 0) is 37.7 Å². The van der Waals surface area contributed by atoms with Gasteiger partial charge in [-0.3, -0.25) is 9.48 Å². The van der Waals surface area contributed by atoms with Crippen LogP contribution >= 0.6 is 0 Å². The number of fused-ring (bicyclic) bond motifs is 1. The van der Waals surface area contributed by atoms with Gasteiger partial charge in [0.1, 0.15) is 0 Å². The fourth-order valence-electron chi connectivity index (χ4n) is 5.05. The number of amides is 1. The highest BCUT2D eigenvalue weighted by atomic mass is 16.5. The average molecular weight is 383 g/mol. The second kappa shape index (κ2) is 7.16. The highest BCUT2D eigenvalue weighted by molar-refractivity contribution is 6.04. The van der Waals surface area contributed by atoms with Crippen molar-refractivity contribution in [3.05, 3.63) is 30.0 Å². The maximum atomic E-state index is 13.4. The van der Waals surface area contributed by atoms with Crippen molar-refractivity contribution in [3.8, 4) is 0 Å². The van der Waals surface area contributed by atoms with Crippen molar-refractivity contribution in [2.75, 3.05) is 45.9 Å². The van der Waals surface area contributed by atoms with E-state index in [0.29, 0.717) is 5.69 Å². The maximum absolute atomic E-state index is 13.4. The molecule has 3 aliphatic rings. The summed E-state index contributed by atoms with van der Waals surface area (Å²) in [5.74, 6) is 0.949. The van der Waals surface area contributed by atoms with Crippen molar-refractivity contribution in [1.82, 2.24) is 19.6 Å². The van der Waals surface area contributed by atoms with Gasteiger partial charge >= 0.3 is 0 Å². The minimum Gasteiger partial charge on any atom is -0.379 e. The standard InChI is InChI=1S/C22H30N4O2/c1-24-19-6-3-2-5-18(19)20(23-24)21(27)26-10-4-9-22(15-26)14-25(11-12-28-16-22)13-17-7-8-17/h2-3,5-6,17H,4,7-16H2,1H3. The van der Waals surface area contributed by atoms with E-state index in [-0.39, 0.29) is 11.3 Å². The van der Waals surface area contributed by atoms with Gasteiger partial charge < -0.3 is 14.5 Å². The highest BCUT2D eigenvalue weighted by Gasteiger charge is 2.41. The molecule has 150 valence electrons. The number of hydrogen-bond donors (Lipinski definition) is 0. The molecule has 1 aromatic carbocycles. The van der Waals surface area contributed by atoms with Crippen LogP contribution in [-0.4, -0.2) is 71.4 Å². The molecule has 1 saturated carbocycles. The summed E-state index contributed by atoms with van der Waals surface area (Å²) in [5.41, 5.74) is 1.65. The largest absolute Gasteiger partial charge is 0.379 e. The second-order valence-electron chi connectivity index (χ2n) is 9.05. The molecule has 28 heavy (non-hydrogen) atoms. The molecule has 0 N–H and O–H groups in total. The van der Waals surface area contributed by atoms with Gasteiger partial charge in [-0.1, -0.05) is 18.2 Å². The van der Waals surface area contributed by atoms with E-state index in [9.17, 15) is 4.79 Å². The number of para-hydroxylation sites is 1. The zero-order valence-electron chi connectivity index (χ0n) is 16.8. The quantitative estimate of drug-likeness (QED) is 0.819. The van der Waals surface area contributed by atoms with Gasteiger partial charge in [0, 0.05) is 50.6 Å². The van der Waals surface area contributed by atoms with Crippen molar-refractivity contribution < 1.29 is 9.53 Å². The van der Waals surface area contributed by atoms with Crippen LogP contribution in [0.1, 0.15) is 36.2 Å². The number of ether oxygens (including phenoxy) is 1. The van der Waals surface area contributed by atoms with Gasteiger partial charge in [0.05, 0.1) is 18.7 Å². The Morgan fingerprint density at radius 1 is 1.25 bits per heavy atom. The van der Waals surface area contributed by atoms with Crippen molar-refractivity contribution in [2.24, 2.45) is 18.4 Å². The van der Waals surface area contributed by atoms with Crippen LogP contribution in [0.3, 0.4) is 0 Å². The fraction of sp³-hybridized carbons (Fsp3) is 0.636. The van der Waals surface area contributed by atoms with Crippen molar-refractivity contribution in [1.29, 1.82) is 0 Å². The van der Waals surface area contributed by atoms with Crippen LogP contribution < -0.4 is 0 Å². The number of carbonyl (C=O) groups is 1. The van der Waals surface area contributed by atoms with Crippen LogP contribution in [0, 0.1) is 11.3 Å². The molecule has 6 nitrogen and oxygen atoms in total. The summed E-state index contributed by atoms with van der Waals surface area (Å²) in [6.45, 7) is 6.44. The summed E-state index contributed by atoms with van der Waals surface area (Å²) in [4.78, 5) is 18.0. The Morgan fingerprint density at radius 2 is 2.11 bits per heavy atom. The zero-order valence-corrected chi connectivity index (χ0v) is 16.8. The Kier molecular flexibility index (Phi) is 4.63. The van der Waals surface area contributed by atoms with E-state index in [1.807, 2.05) is 40.9 Å². The lowest BCUT2D eigenvalue weighted by molar-refractivity contribution is 0.00699. The van der Waals surface area contributed by atoms with E-state index in [4.69, 9.17) is 4.74 Å². The number of piperidine rings is 1. The number of carbonyl (C=O) groups excluding carboxylic acids is 1. The molecule has 5 rings (SSSR count). The molecule has 1 atom stereocenters. The van der Waals surface area contributed by atoms with E-state index in [1.54, 1.807) is 0 Å². The van der Waals surface area contributed by atoms with Crippen LogP contribution in [0.25, 0.3) is 10.9 Å². The molecule has 1 unspecified atom stereocenters. The number of benzene rings is 1. The summed E-state index contributed by atoms with van der Waals surface area (Å²) in [6.07, 6.45) is 4.93. The summed E-state index contributed by atoms with van der Waals surface area (Å²) in [5, 5.41) is 5.51. The number of nitrogens with zero attached hydrogens (tertiary/aromatic N) is 4. The SMILES string of the molecule is Cn1nc(C(=O)N2CCCC3(COCCN(CC4CC4)C3)C2)c2ccccc21. The van der Waals surface area contributed by atoms with E-state index in [1.165, 1.54) is 19.4 Å². The zero-order chi connectivity index (χ0) is 19.1. The van der Waals surface area contributed by atoms with Gasteiger partial charge in [-0.25, -0.2) is 0 Å². The Bertz CT molecular complexity index is 875. The van der Waals surface area contributed by atoms with Crippen LogP contribution in [0.15, 0.2) is 24.3 Å². The van der Waals surface area contributed by atoms with E-state index in [2.05, 4.69) is 10.00 Å². The first-order valence-corrected chi connectivity index (χ1v) is 10.6. The number of rotatable bonds is 3. The molecule has 0 radical (unpaired) electrons. The molecule has 1 aliphatic carbocycles. The predicted molar refractivity (Wildman–Crippen MR) is 108 cm³/mol. The minimum absolute atomic E-state index is 0.0594. The van der Waals surface area contributed by atoms with Gasteiger partial charge in [0.2, 0.25) is 0 Å². The van der Waals surface area contributed by atoms with E-state index >= 15 is 0 Å². The molecule has 3 fully saturated rings. The lowest BCUT2D eigenvalue weighted by Gasteiger charge is -2.43. The van der Waals surface area contributed by atoms with Crippen LogP contribution in [0.2, 0.25) is 0 Å². The Balaban J connectivity index is 1.37.